The first-order valence-electron chi connectivity index (χ1n) is 8.93. The second-order valence-corrected chi connectivity index (χ2v) is 8.36. The molecule has 28 heavy (non-hydrogen) atoms. The molecule has 0 saturated carbocycles. The molecule has 0 heterocycles. The predicted molar refractivity (Wildman–Crippen MR) is 108 cm³/mol. The molecule has 0 radical (unpaired) electrons. The van der Waals surface area contributed by atoms with Crippen LogP contribution in [0.5, 0.6) is 11.5 Å². The Bertz CT molecular complexity index is 1050. The molecule has 0 spiro atoms. The van der Waals surface area contributed by atoms with E-state index in [4.69, 9.17) is 4.74 Å². The SMILES string of the molecule is Cc1ccc(S(=O)(=O)NCCc2ccc(Oc3ccc(F)cc3)cc2)cc1C. The number of halogens is 1. The fourth-order valence-electron chi connectivity index (χ4n) is 2.66. The summed E-state index contributed by atoms with van der Waals surface area (Å²) in [6, 6.07) is 18.3. The standard InChI is InChI=1S/C22H22FNO3S/c1-16-3-12-22(15-17(16)2)28(25,26)24-14-13-18-4-8-20(9-5-18)27-21-10-6-19(23)7-11-21/h3-12,15,24H,13-14H2,1-2H3. The highest BCUT2D eigenvalue weighted by Crippen LogP contribution is 2.22. The number of rotatable bonds is 7. The van der Waals surface area contributed by atoms with E-state index in [1.54, 1.807) is 36.4 Å². The van der Waals surface area contributed by atoms with Crippen molar-refractivity contribution in [3.63, 3.8) is 0 Å². The number of aryl methyl sites for hydroxylation is 2. The lowest BCUT2D eigenvalue weighted by atomic mass is 10.1. The van der Waals surface area contributed by atoms with Crippen molar-refractivity contribution in [2.45, 2.75) is 25.2 Å². The molecule has 0 saturated heterocycles. The van der Waals surface area contributed by atoms with E-state index >= 15 is 0 Å². The van der Waals surface area contributed by atoms with Crippen LogP contribution < -0.4 is 9.46 Å². The monoisotopic (exact) mass is 399 g/mol. The van der Waals surface area contributed by atoms with Crippen molar-refractivity contribution < 1.29 is 17.5 Å². The Kier molecular flexibility index (Phi) is 6.11. The lowest BCUT2D eigenvalue weighted by Crippen LogP contribution is -2.26. The van der Waals surface area contributed by atoms with Crippen LogP contribution in [0.25, 0.3) is 0 Å². The molecule has 0 aliphatic heterocycles. The Labute approximate surface area is 165 Å². The van der Waals surface area contributed by atoms with Gasteiger partial charge in [-0.25, -0.2) is 17.5 Å². The summed E-state index contributed by atoms with van der Waals surface area (Å²) in [5.41, 5.74) is 2.98. The molecule has 0 aliphatic rings. The van der Waals surface area contributed by atoms with Crippen LogP contribution in [0.4, 0.5) is 4.39 Å². The fourth-order valence-corrected chi connectivity index (χ4v) is 3.77. The molecule has 0 fully saturated rings. The number of ether oxygens (including phenoxy) is 1. The zero-order valence-electron chi connectivity index (χ0n) is 15.8. The van der Waals surface area contributed by atoms with E-state index in [0.29, 0.717) is 24.5 Å². The molecular formula is C22H22FNO3S. The third-order valence-electron chi connectivity index (χ3n) is 4.47. The van der Waals surface area contributed by atoms with Crippen LogP contribution in [0.2, 0.25) is 0 Å². The van der Waals surface area contributed by atoms with Gasteiger partial charge in [0.15, 0.2) is 0 Å². The molecule has 0 bridgehead atoms. The highest BCUT2D eigenvalue weighted by molar-refractivity contribution is 7.89. The molecule has 0 aromatic heterocycles. The van der Waals surface area contributed by atoms with Crippen LogP contribution in [0.1, 0.15) is 16.7 Å². The molecule has 0 aliphatic carbocycles. The Morgan fingerprint density at radius 3 is 2.07 bits per heavy atom. The van der Waals surface area contributed by atoms with Crippen molar-refractivity contribution in [1.29, 1.82) is 0 Å². The topological polar surface area (TPSA) is 55.4 Å². The van der Waals surface area contributed by atoms with E-state index < -0.39 is 10.0 Å². The summed E-state index contributed by atoms with van der Waals surface area (Å²) in [6.07, 6.45) is 0.556. The van der Waals surface area contributed by atoms with Crippen LogP contribution in [0.15, 0.2) is 71.6 Å². The van der Waals surface area contributed by atoms with Gasteiger partial charge in [0.1, 0.15) is 17.3 Å². The molecule has 1 N–H and O–H groups in total. The number of nitrogens with one attached hydrogen (secondary N) is 1. The molecule has 0 unspecified atom stereocenters. The molecular weight excluding hydrogens is 377 g/mol. The molecule has 3 aromatic carbocycles. The summed E-state index contributed by atoms with van der Waals surface area (Å²) in [4.78, 5) is 0.277. The van der Waals surface area contributed by atoms with E-state index in [2.05, 4.69) is 4.72 Å². The fraction of sp³-hybridized carbons (Fsp3) is 0.182. The van der Waals surface area contributed by atoms with Crippen LogP contribution in [-0.2, 0) is 16.4 Å². The van der Waals surface area contributed by atoms with Gasteiger partial charge in [0.25, 0.3) is 0 Å². The van der Waals surface area contributed by atoms with Gasteiger partial charge >= 0.3 is 0 Å². The minimum absolute atomic E-state index is 0.277. The number of benzene rings is 3. The largest absolute Gasteiger partial charge is 0.457 e. The average molecular weight is 399 g/mol. The molecule has 0 atom stereocenters. The van der Waals surface area contributed by atoms with E-state index in [1.165, 1.54) is 12.1 Å². The van der Waals surface area contributed by atoms with Gasteiger partial charge in [0.2, 0.25) is 10.0 Å². The first kappa shape index (κ1) is 20.0. The predicted octanol–water partition coefficient (Wildman–Crippen LogP) is 4.76. The first-order valence-corrected chi connectivity index (χ1v) is 10.4. The summed E-state index contributed by atoms with van der Waals surface area (Å²) in [5, 5.41) is 0. The Balaban J connectivity index is 1.55. The second-order valence-electron chi connectivity index (χ2n) is 6.59. The van der Waals surface area contributed by atoms with E-state index in [1.807, 2.05) is 32.0 Å². The average Bonchev–Trinajstić information content (AvgIpc) is 2.67. The summed E-state index contributed by atoms with van der Waals surface area (Å²) in [6.45, 7) is 4.14. The highest BCUT2D eigenvalue weighted by Gasteiger charge is 2.14. The lowest BCUT2D eigenvalue weighted by Gasteiger charge is -2.09. The molecule has 4 nitrogen and oxygen atoms in total. The maximum absolute atomic E-state index is 12.9. The van der Waals surface area contributed by atoms with Crippen LogP contribution >= 0.6 is 0 Å². The molecule has 0 amide bonds. The highest BCUT2D eigenvalue weighted by atomic mass is 32.2. The Hall–Kier alpha value is -2.70. The maximum atomic E-state index is 12.9. The van der Waals surface area contributed by atoms with E-state index in [-0.39, 0.29) is 10.7 Å². The van der Waals surface area contributed by atoms with Crippen molar-refractivity contribution in [1.82, 2.24) is 4.72 Å². The lowest BCUT2D eigenvalue weighted by molar-refractivity contribution is 0.480. The van der Waals surface area contributed by atoms with Gasteiger partial charge in [-0.15, -0.1) is 0 Å². The summed E-state index contributed by atoms with van der Waals surface area (Å²) in [7, 11) is -3.53. The number of sulfonamides is 1. The van der Waals surface area contributed by atoms with Gasteiger partial charge in [-0.2, -0.15) is 0 Å². The van der Waals surface area contributed by atoms with Gasteiger partial charge in [-0.3, -0.25) is 0 Å². The summed E-state index contributed by atoms with van der Waals surface area (Å²) < 4.78 is 46.0. The third-order valence-corrected chi connectivity index (χ3v) is 5.93. The van der Waals surface area contributed by atoms with Crippen molar-refractivity contribution >= 4 is 10.0 Å². The van der Waals surface area contributed by atoms with E-state index in [0.717, 1.165) is 16.7 Å². The quantitative estimate of drug-likeness (QED) is 0.623. The van der Waals surface area contributed by atoms with Crippen molar-refractivity contribution in [2.24, 2.45) is 0 Å². The molecule has 146 valence electrons. The Morgan fingerprint density at radius 1 is 0.857 bits per heavy atom. The first-order chi connectivity index (χ1) is 13.3. The summed E-state index contributed by atoms with van der Waals surface area (Å²) in [5.74, 6) is 0.868. The zero-order chi connectivity index (χ0) is 20.1. The van der Waals surface area contributed by atoms with Gasteiger partial charge in [-0.05, 0) is 85.5 Å². The van der Waals surface area contributed by atoms with Gasteiger partial charge in [0, 0.05) is 6.54 Å². The smallest absolute Gasteiger partial charge is 0.240 e. The summed E-state index contributed by atoms with van der Waals surface area (Å²) >= 11 is 0. The van der Waals surface area contributed by atoms with Gasteiger partial charge < -0.3 is 4.74 Å². The normalized spacial score (nSPS) is 11.4. The second kappa shape index (κ2) is 8.54. The zero-order valence-corrected chi connectivity index (χ0v) is 16.6. The van der Waals surface area contributed by atoms with Crippen LogP contribution in [0, 0.1) is 19.7 Å². The van der Waals surface area contributed by atoms with E-state index in [9.17, 15) is 12.8 Å². The minimum atomic E-state index is -3.53. The Morgan fingerprint density at radius 2 is 1.46 bits per heavy atom. The third kappa shape index (κ3) is 5.18. The molecule has 6 heteroatoms. The number of hydrogen-bond donors (Lipinski definition) is 1. The van der Waals surface area contributed by atoms with Crippen molar-refractivity contribution in [2.75, 3.05) is 6.54 Å². The molecule has 3 aromatic rings. The van der Waals surface area contributed by atoms with Crippen LogP contribution in [0.3, 0.4) is 0 Å². The van der Waals surface area contributed by atoms with Gasteiger partial charge in [-0.1, -0.05) is 18.2 Å². The molecule has 3 rings (SSSR count). The number of hydrogen-bond acceptors (Lipinski definition) is 3. The van der Waals surface area contributed by atoms with Crippen LogP contribution in [-0.4, -0.2) is 15.0 Å². The maximum Gasteiger partial charge on any atom is 0.240 e. The minimum Gasteiger partial charge on any atom is -0.457 e. The van der Waals surface area contributed by atoms with Crippen molar-refractivity contribution in [3.8, 4) is 11.5 Å². The van der Waals surface area contributed by atoms with Crippen molar-refractivity contribution in [3.05, 3.63) is 89.2 Å². The van der Waals surface area contributed by atoms with Gasteiger partial charge in [0.05, 0.1) is 4.90 Å².